The van der Waals surface area contributed by atoms with Crippen molar-refractivity contribution in [2.24, 2.45) is 0 Å². The number of rotatable bonds is 13. The molecule has 1 atom stereocenters. The molecule has 0 aromatic heterocycles. The van der Waals surface area contributed by atoms with Gasteiger partial charge < -0.3 is 0 Å². The molecule has 0 bridgehead atoms. The first-order valence-electron chi connectivity index (χ1n) is 10.6. The number of hydrogen-bond acceptors (Lipinski definition) is 1. The Kier molecular flexibility index (Phi) is 11.5. The second-order valence-corrected chi connectivity index (χ2v) is 32.3. The standard InChI is InChI=1S/C10H15SSi.3C4H9.Sn/c1-12(2,3)9-11-10-7-5-4-6-8-10;3*1-3-4-2;/h4-9H,1-3H3;3*1,3-4H2,2H3;. The molecule has 0 heterocycles. The van der Waals surface area contributed by atoms with Crippen molar-refractivity contribution in [2.45, 2.75) is 100 Å². The fraction of sp³-hybridized carbons (Fsp3) is 0.727. The molecule has 0 aliphatic carbocycles. The molecular formula is C22H42SSiSn. The summed E-state index contributed by atoms with van der Waals surface area (Å²) in [6.07, 6.45) is 8.60. The predicted molar refractivity (Wildman–Crippen MR) is 124 cm³/mol. The van der Waals surface area contributed by atoms with Crippen molar-refractivity contribution in [3.8, 4) is 0 Å². The minimum absolute atomic E-state index is 1.02. The van der Waals surface area contributed by atoms with Crippen molar-refractivity contribution in [2.75, 3.05) is 0 Å². The molecule has 0 saturated heterocycles. The molecule has 0 radical (unpaired) electrons. The van der Waals surface area contributed by atoms with Gasteiger partial charge in [0.15, 0.2) is 0 Å². The van der Waals surface area contributed by atoms with Gasteiger partial charge >= 0.3 is 169 Å². The Morgan fingerprint density at radius 1 is 0.800 bits per heavy atom. The van der Waals surface area contributed by atoms with Gasteiger partial charge in [0, 0.05) is 0 Å². The molecule has 0 N–H and O–H groups in total. The molecule has 0 spiro atoms. The van der Waals surface area contributed by atoms with Crippen LogP contribution in [0, 0.1) is 0 Å². The van der Waals surface area contributed by atoms with Crippen LogP contribution in [0.1, 0.15) is 59.3 Å². The van der Waals surface area contributed by atoms with Crippen molar-refractivity contribution >= 4 is 38.2 Å². The molecule has 0 amide bonds. The summed E-state index contributed by atoms with van der Waals surface area (Å²) in [5, 5.41) is 0. The summed E-state index contributed by atoms with van der Waals surface area (Å²) in [6, 6.07) is 11.3. The summed E-state index contributed by atoms with van der Waals surface area (Å²) in [7, 11) is -1.20. The van der Waals surface area contributed by atoms with Crippen molar-refractivity contribution < 1.29 is 0 Å². The summed E-state index contributed by atoms with van der Waals surface area (Å²) >= 11 is 0.0977. The van der Waals surface area contributed by atoms with E-state index in [1.165, 1.54) is 43.4 Å². The van der Waals surface area contributed by atoms with Crippen molar-refractivity contribution in [1.29, 1.82) is 0 Å². The van der Waals surface area contributed by atoms with Crippen LogP contribution in [0.15, 0.2) is 35.2 Å². The van der Waals surface area contributed by atoms with Crippen LogP contribution in [0.3, 0.4) is 0 Å². The third kappa shape index (κ3) is 8.00. The monoisotopic (exact) mass is 486 g/mol. The molecule has 0 nitrogen and oxygen atoms in total. The number of benzene rings is 1. The fourth-order valence-corrected chi connectivity index (χ4v) is 46.5. The number of unbranched alkanes of at least 4 members (excludes halogenated alkanes) is 3. The van der Waals surface area contributed by atoms with Gasteiger partial charge in [-0.05, 0) is 0 Å². The van der Waals surface area contributed by atoms with E-state index in [4.69, 9.17) is 0 Å². The summed E-state index contributed by atoms with van der Waals surface area (Å²) in [6.45, 7) is 15.1. The second kappa shape index (κ2) is 12.1. The van der Waals surface area contributed by atoms with E-state index in [1.54, 1.807) is 13.3 Å². The zero-order chi connectivity index (χ0) is 18.8. The maximum atomic E-state index is 2.66. The van der Waals surface area contributed by atoms with E-state index in [0.29, 0.717) is 0 Å². The van der Waals surface area contributed by atoms with Crippen LogP contribution in [-0.4, -0.2) is 29.3 Å². The second-order valence-electron chi connectivity index (χ2n) is 8.85. The van der Waals surface area contributed by atoms with E-state index in [1.807, 2.05) is 0 Å². The first kappa shape index (κ1) is 23.6. The third-order valence-corrected chi connectivity index (χ3v) is 40.9. The van der Waals surface area contributed by atoms with Gasteiger partial charge in [0.1, 0.15) is 0 Å². The van der Waals surface area contributed by atoms with Crippen molar-refractivity contribution in [1.82, 2.24) is 0 Å². The van der Waals surface area contributed by atoms with Crippen molar-refractivity contribution in [3.05, 3.63) is 30.3 Å². The van der Waals surface area contributed by atoms with Crippen molar-refractivity contribution in [3.63, 3.8) is 0 Å². The quantitative estimate of drug-likeness (QED) is 0.200. The third-order valence-electron chi connectivity index (χ3n) is 5.42. The molecule has 25 heavy (non-hydrogen) atoms. The van der Waals surface area contributed by atoms with Crippen LogP contribution >= 0.6 is 11.8 Å². The Morgan fingerprint density at radius 3 is 1.60 bits per heavy atom. The molecule has 3 heteroatoms. The molecular weight excluding hydrogens is 443 g/mol. The van der Waals surface area contributed by atoms with Crippen LogP contribution in [0.5, 0.6) is 0 Å². The van der Waals surface area contributed by atoms with Gasteiger partial charge in [0.05, 0.1) is 0 Å². The van der Waals surface area contributed by atoms with Crippen LogP contribution in [-0.2, 0) is 0 Å². The molecule has 1 aromatic carbocycles. The van der Waals surface area contributed by atoms with Gasteiger partial charge in [-0.25, -0.2) is 0 Å². The van der Waals surface area contributed by atoms with Gasteiger partial charge in [-0.2, -0.15) is 0 Å². The SMILES string of the molecule is CCC[CH2][Sn]([CH2]CCC)([CH2]CCC)[CH](Sc1ccccc1)[Si](C)(C)C. The Balaban J connectivity index is 3.22. The molecule has 0 aliphatic rings. The van der Waals surface area contributed by atoms with Crippen LogP contribution in [0.4, 0.5) is 0 Å². The van der Waals surface area contributed by atoms with Crippen LogP contribution in [0.25, 0.3) is 0 Å². The van der Waals surface area contributed by atoms with Gasteiger partial charge in [-0.15, -0.1) is 0 Å². The topological polar surface area (TPSA) is 0 Å². The molecule has 0 saturated carbocycles. The van der Waals surface area contributed by atoms with Crippen LogP contribution in [0.2, 0.25) is 33.0 Å². The average Bonchev–Trinajstić information content (AvgIpc) is 2.60. The fourth-order valence-electron chi connectivity index (χ4n) is 4.21. The molecule has 0 fully saturated rings. The minimum atomic E-state index is -2.21. The summed E-state index contributed by atoms with van der Waals surface area (Å²) in [5.41, 5.74) is 0. The summed E-state index contributed by atoms with van der Waals surface area (Å²) in [5.74, 6) is 0. The average molecular weight is 485 g/mol. The van der Waals surface area contributed by atoms with Gasteiger partial charge in [-0.1, -0.05) is 0 Å². The predicted octanol–water partition coefficient (Wildman–Crippen LogP) is 8.41. The number of hydrogen-bond donors (Lipinski definition) is 0. The maximum absolute atomic E-state index is 2.66. The summed E-state index contributed by atoms with van der Waals surface area (Å²) < 4.78 is 5.94. The molecule has 0 aliphatic heterocycles. The van der Waals surface area contributed by atoms with E-state index in [-0.39, 0.29) is 0 Å². The normalized spacial score (nSPS) is 13.8. The Hall–Kier alpha value is 0.586. The van der Waals surface area contributed by atoms with E-state index in [9.17, 15) is 0 Å². The molecule has 1 rings (SSSR count). The van der Waals surface area contributed by atoms with Crippen LogP contribution < -0.4 is 0 Å². The van der Waals surface area contributed by atoms with Gasteiger partial charge in [0.2, 0.25) is 0 Å². The Morgan fingerprint density at radius 2 is 1.24 bits per heavy atom. The van der Waals surface area contributed by atoms with E-state index < -0.39 is 26.5 Å². The Bertz CT molecular complexity index is 433. The van der Waals surface area contributed by atoms with E-state index >= 15 is 0 Å². The van der Waals surface area contributed by atoms with Gasteiger partial charge in [-0.3, -0.25) is 0 Å². The van der Waals surface area contributed by atoms with E-state index in [2.05, 4.69) is 82.5 Å². The molecule has 1 aromatic rings. The Labute approximate surface area is 167 Å². The zero-order valence-corrected chi connectivity index (χ0v) is 22.4. The molecule has 144 valence electrons. The van der Waals surface area contributed by atoms with Gasteiger partial charge in [0.25, 0.3) is 0 Å². The van der Waals surface area contributed by atoms with E-state index in [0.717, 1.165) is 2.89 Å². The number of thioether (sulfide) groups is 1. The zero-order valence-electron chi connectivity index (χ0n) is 17.7. The first-order chi connectivity index (χ1) is 11.9. The summed E-state index contributed by atoms with van der Waals surface area (Å²) in [4.78, 5) is 1.53. The first-order valence-corrected chi connectivity index (χ1v) is 22.8. The molecule has 1 unspecified atom stereocenters.